The molecule has 0 unspecified atom stereocenters. The van der Waals surface area contributed by atoms with Crippen LogP contribution in [-0.2, 0) is 0 Å². The largest absolute Gasteiger partial charge is 0.332 e. The molecular weight excluding hydrogens is 251 g/mol. The van der Waals surface area contributed by atoms with Gasteiger partial charge in [-0.05, 0) is 12.1 Å². The van der Waals surface area contributed by atoms with Crippen molar-refractivity contribution in [3.05, 3.63) is 66.2 Å². The summed E-state index contributed by atoms with van der Waals surface area (Å²) in [5.41, 5.74) is 3.46. The zero-order valence-corrected chi connectivity index (χ0v) is 11.1. The van der Waals surface area contributed by atoms with Crippen LogP contribution in [0.2, 0.25) is 0 Å². The van der Waals surface area contributed by atoms with Crippen molar-refractivity contribution in [1.29, 1.82) is 0 Å². The van der Waals surface area contributed by atoms with E-state index in [-0.39, 0.29) is 0 Å². The van der Waals surface area contributed by atoms with E-state index in [1.54, 1.807) is 17.5 Å². The molecule has 0 atom stereocenters. The van der Waals surface area contributed by atoms with E-state index in [4.69, 9.17) is 0 Å². The van der Waals surface area contributed by atoms with Crippen LogP contribution in [0.5, 0.6) is 0 Å². The van der Waals surface area contributed by atoms with Crippen molar-refractivity contribution in [3.8, 4) is 0 Å². The van der Waals surface area contributed by atoms with Gasteiger partial charge in [0.1, 0.15) is 0 Å². The molecule has 0 aliphatic carbocycles. The predicted octanol–water partition coefficient (Wildman–Crippen LogP) is 2.54. The van der Waals surface area contributed by atoms with Crippen molar-refractivity contribution in [3.63, 3.8) is 0 Å². The lowest BCUT2D eigenvalue weighted by molar-refractivity contribution is 1.39. The number of anilines is 2. The van der Waals surface area contributed by atoms with E-state index < -0.39 is 0 Å². The first-order valence-corrected chi connectivity index (χ1v) is 6.94. The van der Waals surface area contributed by atoms with Gasteiger partial charge < -0.3 is 5.32 Å². The highest BCUT2D eigenvalue weighted by Gasteiger charge is 2.00. The van der Waals surface area contributed by atoms with E-state index in [1.165, 1.54) is 10.9 Å². The maximum atomic E-state index is 4.20. The highest BCUT2D eigenvalue weighted by molar-refractivity contribution is 7.13. The molecule has 0 aliphatic rings. The molecule has 0 saturated carbocycles. The predicted molar refractivity (Wildman–Crippen MR) is 83.3 cm³/mol. The standard InChI is InChI=1S/C15H12BN2S/c1-2-4-12(5-3-1)16-13-6-8-14(9-7-13)18-15-17-10-11-19-15/h1-11H,(H,17,18). The van der Waals surface area contributed by atoms with Crippen molar-refractivity contribution in [2.45, 2.75) is 0 Å². The fourth-order valence-corrected chi connectivity index (χ4v) is 2.36. The molecule has 19 heavy (non-hydrogen) atoms. The minimum atomic E-state index is 0.916. The van der Waals surface area contributed by atoms with E-state index in [0.29, 0.717) is 0 Å². The number of hydrogen-bond acceptors (Lipinski definition) is 3. The normalized spacial score (nSPS) is 10.1. The second-order valence-corrected chi connectivity index (χ2v) is 5.03. The van der Waals surface area contributed by atoms with Crippen LogP contribution < -0.4 is 16.2 Å². The SMILES string of the molecule is [B](c1ccccc1)c1ccc(Nc2nccs2)cc1. The number of thiazole rings is 1. The number of aromatic nitrogens is 1. The van der Waals surface area contributed by atoms with Gasteiger partial charge in [-0.2, -0.15) is 0 Å². The molecule has 3 aromatic rings. The van der Waals surface area contributed by atoms with Crippen LogP contribution in [0.3, 0.4) is 0 Å². The third-order valence-corrected chi connectivity index (χ3v) is 3.42. The highest BCUT2D eigenvalue weighted by atomic mass is 32.1. The van der Waals surface area contributed by atoms with Crippen molar-refractivity contribution in [1.82, 2.24) is 4.98 Å². The molecule has 1 heterocycles. The fourth-order valence-electron chi connectivity index (χ4n) is 1.81. The van der Waals surface area contributed by atoms with Gasteiger partial charge in [0.15, 0.2) is 12.4 Å². The third-order valence-electron chi connectivity index (χ3n) is 2.73. The molecule has 3 rings (SSSR count). The van der Waals surface area contributed by atoms with Gasteiger partial charge in [0.2, 0.25) is 0 Å². The lowest BCUT2D eigenvalue weighted by atomic mass is 9.64. The molecule has 1 radical (unpaired) electrons. The fraction of sp³-hybridized carbons (Fsp3) is 0. The molecule has 0 spiro atoms. The van der Waals surface area contributed by atoms with Gasteiger partial charge in [-0.15, -0.1) is 11.3 Å². The monoisotopic (exact) mass is 263 g/mol. The second kappa shape index (κ2) is 5.72. The van der Waals surface area contributed by atoms with Gasteiger partial charge in [-0.1, -0.05) is 53.4 Å². The van der Waals surface area contributed by atoms with Gasteiger partial charge in [-0.3, -0.25) is 0 Å². The molecule has 2 nitrogen and oxygen atoms in total. The van der Waals surface area contributed by atoms with Gasteiger partial charge in [0.05, 0.1) is 0 Å². The maximum Gasteiger partial charge on any atom is 0.191 e. The Morgan fingerprint density at radius 1 is 0.895 bits per heavy atom. The van der Waals surface area contributed by atoms with Gasteiger partial charge in [0.25, 0.3) is 0 Å². The molecule has 1 N–H and O–H groups in total. The van der Waals surface area contributed by atoms with Crippen LogP contribution in [0.1, 0.15) is 0 Å². The first-order chi connectivity index (χ1) is 9.40. The Kier molecular flexibility index (Phi) is 3.61. The average Bonchev–Trinajstić information content (AvgIpc) is 2.95. The minimum absolute atomic E-state index is 0.916. The van der Waals surface area contributed by atoms with Crippen molar-refractivity contribution in [2.24, 2.45) is 0 Å². The zero-order chi connectivity index (χ0) is 12.9. The summed E-state index contributed by atoms with van der Waals surface area (Å²) in [5.74, 6) is 0. The molecule has 1 aromatic heterocycles. The average molecular weight is 263 g/mol. The molecule has 0 saturated heterocycles. The third kappa shape index (κ3) is 3.23. The van der Waals surface area contributed by atoms with Crippen molar-refractivity contribution in [2.75, 3.05) is 5.32 Å². The van der Waals surface area contributed by atoms with Crippen molar-refractivity contribution < 1.29 is 0 Å². The summed E-state index contributed by atoms with van der Waals surface area (Å²) in [5, 5.41) is 6.14. The quantitative estimate of drug-likeness (QED) is 0.732. The first-order valence-electron chi connectivity index (χ1n) is 6.06. The van der Waals surface area contributed by atoms with Crippen LogP contribution in [0.25, 0.3) is 0 Å². The smallest absolute Gasteiger partial charge is 0.191 e. The van der Waals surface area contributed by atoms with Crippen LogP contribution in [0.15, 0.2) is 66.2 Å². The molecular formula is C15H12BN2S. The van der Waals surface area contributed by atoms with Gasteiger partial charge in [-0.25, -0.2) is 4.98 Å². The number of benzene rings is 2. The molecule has 0 aliphatic heterocycles. The molecule has 0 bridgehead atoms. The maximum absolute atomic E-state index is 4.20. The Hall–Kier alpha value is -2.07. The highest BCUT2D eigenvalue weighted by Crippen LogP contribution is 2.17. The lowest BCUT2D eigenvalue weighted by Gasteiger charge is -2.04. The lowest BCUT2D eigenvalue weighted by Crippen LogP contribution is -2.26. The van der Waals surface area contributed by atoms with Crippen LogP contribution in [0.4, 0.5) is 10.8 Å². The summed E-state index contributed by atoms with van der Waals surface area (Å²) in [6, 6.07) is 18.6. The van der Waals surface area contributed by atoms with Crippen LogP contribution >= 0.6 is 11.3 Å². The molecule has 91 valence electrons. The second-order valence-electron chi connectivity index (χ2n) is 4.14. The Labute approximate surface area is 117 Å². The Morgan fingerprint density at radius 3 is 2.32 bits per heavy atom. The van der Waals surface area contributed by atoms with E-state index in [0.717, 1.165) is 10.8 Å². The summed E-state index contributed by atoms with van der Waals surface area (Å²) in [6.45, 7) is 0. The summed E-state index contributed by atoms with van der Waals surface area (Å²) in [7, 11) is 2.16. The van der Waals surface area contributed by atoms with E-state index in [2.05, 4.69) is 54.0 Å². The van der Waals surface area contributed by atoms with Crippen LogP contribution in [0, 0.1) is 0 Å². The molecule has 0 amide bonds. The Bertz CT molecular complexity index is 621. The summed E-state index contributed by atoms with van der Waals surface area (Å²) in [6.07, 6.45) is 1.80. The molecule has 0 fully saturated rings. The Morgan fingerprint density at radius 2 is 1.63 bits per heavy atom. The topological polar surface area (TPSA) is 24.9 Å². The first kappa shape index (κ1) is 12.0. The van der Waals surface area contributed by atoms with Crippen LogP contribution in [-0.4, -0.2) is 12.3 Å². The number of rotatable bonds is 4. The van der Waals surface area contributed by atoms with E-state index in [1.807, 2.05) is 23.6 Å². The number of nitrogens with zero attached hydrogens (tertiary/aromatic N) is 1. The number of nitrogens with one attached hydrogen (secondary N) is 1. The Balaban J connectivity index is 1.69. The molecule has 2 aromatic carbocycles. The number of hydrogen-bond donors (Lipinski definition) is 1. The zero-order valence-electron chi connectivity index (χ0n) is 10.3. The summed E-state index contributed by atoms with van der Waals surface area (Å²) in [4.78, 5) is 4.20. The summed E-state index contributed by atoms with van der Waals surface area (Å²) < 4.78 is 0. The molecule has 4 heteroatoms. The minimum Gasteiger partial charge on any atom is -0.332 e. The van der Waals surface area contributed by atoms with E-state index >= 15 is 0 Å². The van der Waals surface area contributed by atoms with E-state index in [9.17, 15) is 0 Å². The van der Waals surface area contributed by atoms with Gasteiger partial charge >= 0.3 is 0 Å². The van der Waals surface area contributed by atoms with Crippen molar-refractivity contribution >= 4 is 40.4 Å². The van der Waals surface area contributed by atoms with Gasteiger partial charge in [0, 0.05) is 17.3 Å². The summed E-state index contributed by atoms with van der Waals surface area (Å²) >= 11 is 1.59.